The lowest BCUT2D eigenvalue weighted by atomic mass is 9.65. The van der Waals surface area contributed by atoms with Gasteiger partial charge in [0.25, 0.3) is 15.9 Å². The van der Waals surface area contributed by atoms with Gasteiger partial charge in [-0.25, -0.2) is 18.1 Å². The molecule has 0 unspecified atom stereocenters. The van der Waals surface area contributed by atoms with Gasteiger partial charge in [0.1, 0.15) is 11.4 Å². The van der Waals surface area contributed by atoms with Gasteiger partial charge in [-0.15, -0.1) is 0 Å². The van der Waals surface area contributed by atoms with Crippen LogP contribution < -0.4 is 4.72 Å². The van der Waals surface area contributed by atoms with Gasteiger partial charge in [-0.2, -0.15) is 0 Å². The molecule has 2 fully saturated rings. The summed E-state index contributed by atoms with van der Waals surface area (Å²) in [5.74, 6) is 1.23. The lowest BCUT2D eigenvalue weighted by Crippen LogP contribution is -2.51. The number of H-pyrrole nitrogens is 1. The Morgan fingerprint density at radius 3 is 2.51 bits per heavy atom. The molecule has 1 aliphatic heterocycles. The van der Waals surface area contributed by atoms with Crippen molar-refractivity contribution in [3.05, 3.63) is 65.0 Å². The number of aliphatic imine (C=N–C) groups is 1. The number of carbonyl (C=O) groups excluding carboxylic acids is 1. The number of aromatic amines is 1. The summed E-state index contributed by atoms with van der Waals surface area (Å²) < 4.78 is 35.6. The molecule has 3 aliphatic rings. The van der Waals surface area contributed by atoms with Crippen molar-refractivity contribution in [1.29, 1.82) is 0 Å². The molecule has 2 saturated carbocycles. The Morgan fingerprint density at radius 2 is 1.84 bits per heavy atom. The zero-order valence-electron chi connectivity index (χ0n) is 25.5. The molecule has 2 aliphatic carbocycles. The number of aromatic nitrogens is 2. The number of anilines is 1. The molecule has 1 aromatic heterocycles. The van der Waals surface area contributed by atoms with E-state index < -0.39 is 15.6 Å². The lowest BCUT2D eigenvalue weighted by molar-refractivity contribution is -0.137. The number of ether oxygens (including phenoxy) is 1. The predicted octanol–water partition coefficient (Wildman–Crippen LogP) is 6.27. The number of hydrogen-bond acceptors (Lipinski definition) is 6. The molecule has 3 aromatic rings. The molecule has 2 aromatic carbocycles. The molecule has 0 radical (unpaired) electrons. The van der Waals surface area contributed by atoms with Crippen molar-refractivity contribution in [1.82, 2.24) is 14.9 Å². The standard InChI is InChI=1S/C33H41N5O4S/c1-5-7-12-29-36-33(20-32(21-33)15-16-32)30(39)38(29)18-24-13-14-26(25(17-24)19-42-6-2)27-10-8-9-11-28(27)43(40,41)37-31-34-22(3)23(4)35-31/h8-11,13-14,17H,5-7,12,15-16,18-21H2,1-4H3,(H2,34,35,37). The van der Waals surface area contributed by atoms with E-state index in [0.29, 0.717) is 30.7 Å². The zero-order chi connectivity index (χ0) is 30.4. The highest BCUT2D eigenvalue weighted by molar-refractivity contribution is 7.92. The maximum Gasteiger partial charge on any atom is 0.264 e. The van der Waals surface area contributed by atoms with E-state index in [1.165, 1.54) is 12.8 Å². The summed E-state index contributed by atoms with van der Waals surface area (Å²) in [5.41, 5.74) is 4.51. The van der Waals surface area contributed by atoms with Gasteiger partial charge in [-0.1, -0.05) is 49.7 Å². The average molecular weight is 604 g/mol. The second kappa shape index (κ2) is 11.2. The van der Waals surface area contributed by atoms with Gasteiger partial charge in [0.2, 0.25) is 5.95 Å². The Bertz CT molecular complexity index is 1660. The molecule has 0 bridgehead atoms. The van der Waals surface area contributed by atoms with E-state index in [9.17, 15) is 13.2 Å². The highest BCUT2D eigenvalue weighted by Gasteiger charge is 2.67. The number of nitrogens with one attached hydrogen (secondary N) is 2. The number of sulfonamides is 1. The summed E-state index contributed by atoms with van der Waals surface area (Å²) in [4.78, 5) is 28.2. The topological polar surface area (TPSA) is 117 Å². The van der Waals surface area contributed by atoms with E-state index in [1.54, 1.807) is 12.1 Å². The summed E-state index contributed by atoms with van der Waals surface area (Å²) in [6.45, 7) is 9.03. The fourth-order valence-electron chi connectivity index (χ4n) is 6.59. The Kier molecular flexibility index (Phi) is 7.71. The molecule has 9 nitrogen and oxygen atoms in total. The van der Waals surface area contributed by atoms with E-state index >= 15 is 0 Å². The molecule has 43 heavy (non-hydrogen) atoms. The molecule has 10 heteroatoms. The Hall–Kier alpha value is -3.50. The quantitative estimate of drug-likeness (QED) is 0.253. The largest absolute Gasteiger partial charge is 0.377 e. The number of benzene rings is 2. The fraction of sp³-hybridized carbons (Fsp3) is 0.485. The van der Waals surface area contributed by atoms with Crippen LogP contribution in [-0.4, -0.2) is 47.2 Å². The maximum absolute atomic E-state index is 13.8. The van der Waals surface area contributed by atoms with Crippen LogP contribution in [-0.2, 0) is 32.7 Å². The van der Waals surface area contributed by atoms with Gasteiger partial charge in [0.15, 0.2) is 0 Å². The minimum absolute atomic E-state index is 0.137. The van der Waals surface area contributed by atoms with Crippen molar-refractivity contribution in [2.75, 3.05) is 11.3 Å². The van der Waals surface area contributed by atoms with Crippen LogP contribution in [0.5, 0.6) is 0 Å². The highest BCUT2D eigenvalue weighted by atomic mass is 32.2. The van der Waals surface area contributed by atoms with E-state index in [0.717, 1.165) is 66.0 Å². The number of unbranched alkanes of at least 4 members (excludes halogenated alkanes) is 1. The summed E-state index contributed by atoms with van der Waals surface area (Å²) in [7, 11) is -3.95. The normalized spacial score (nSPS) is 18.3. The van der Waals surface area contributed by atoms with Crippen LogP contribution in [0.1, 0.15) is 81.3 Å². The van der Waals surface area contributed by atoms with E-state index in [2.05, 4.69) is 21.6 Å². The minimum Gasteiger partial charge on any atom is -0.377 e. The number of amidine groups is 1. The number of aryl methyl sites for hydroxylation is 2. The number of hydrogen-bond donors (Lipinski definition) is 2. The van der Waals surface area contributed by atoms with Gasteiger partial charge < -0.3 is 9.72 Å². The smallest absolute Gasteiger partial charge is 0.264 e. The van der Waals surface area contributed by atoms with Crippen LogP contribution in [0.25, 0.3) is 11.1 Å². The first kappa shape index (κ1) is 29.6. The highest BCUT2D eigenvalue weighted by Crippen LogP contribution is 2.67. The van der Waals surface area contributed by atoms with Gasteiger partial charge in [0, 0.05) is 24.3 Å². The maximum atomic E-state index is 13.8. The van der Waals surface area contributed by atoms with Crippen LogP contribution in [0, 0.1) is 19.3 Å². The summed E-state index contributed by atoms with van der Waals surface area (Å²) in [6.07, 6.45) is 7.05. The molecule has 2 heterocycles. The first-order chi connectivity index (χ1) is 20.6. The third kappa shape index (κ3) is 5.62. The Labute approximate surface area is 254 Å². The molecule has 1 amide bonds. The molecule has 0 atom stereocenters. The zero-order valence-corrected chi connectivity index (χ0v) is 26.3. The fourth-order valence-corrected chi connectivity index (χ4v) is 7.77. The number of amides is 1. The van der Waals surface area contributed by atoms with E-state index in [4.69, 9.17) is 9.73 Å². The summed E-state index contributed by atoms with van der Waals surface area (Å²) in [6, 6.07) is 12.9. The Balaban J connectivity index is 1.31. The van der Waals surface area contributed by atoms with Crippen LogP contribution >= 0.6 is 0 Å². The van der Waals surface area contributed by atoms with Crippen LogP contribution in [0.3, 0.4) is 0 Å². The van der Waals surface area contributed by atoms with Gasteiger partial charge in [-0.05, 0) is 81.0 Å². The molecule has 0 saturated heterocycles. The Morgan fingerprint density at radius 1 is 1.07 bits per heavy atom. The van der Waals surface area contributed by atoms with Crippen molar-refractivity contribution < 1.29 is 17.9 Å². The SMILES string of the molecule is CCCCC1=NC2(CC3(CC3)C2)C(=O)N1Cc1ccc(-c2ccccc2S(=O)(=O)Nc2nc(C)c(C)[nH]2)c(COCC)c1. The molecular weight excluding hydrogens is 562 g/mol. The van der Waals surface area contributed by atoms with Crippen molar-refractivity contribution in [3.8, 4) is 11.1 Å². The van der Waals surface area contributed by atoms with Gasteiger partial charge in [0.05, 0.1) is 23.7 Å². The lowest BCUT2D eigenvalue weighted by Gasteiger charge is -2.42. The number of carbonyl (C=O) groups is 1. The molecule has 2 spiro atoms. The molecule has 6 rings (SSSR count). The predicted molar refractivity (Wildman–Crippen MR) is 167 cm³/mol. The number of imidazole rings is 1. The van der Waals surface area contributed by atoms with Crippen molar-refractivity contribution >= 4 is 27.7 Å². The second-order valence-electron chi connectivity index (χ2n) is 12.4. The van der Waals surface area contributed by atoms with Crippen LogP contribution in [0.15, 0.2) is 52.4 Å². The first-order valence-electron chi connectivity index (χ1n) is 15.3. The molecular formula is C33H41N5O4S. The van der Waals surface area contributed by atoms with Gasteiger partial charge >= 0.3 is 0 Å². The third-order valence-corrected chi connectivity index (χ3v) is 10.5. The number of rotatable bonds is 12. The monoisotopic (exact) mass is 603 g/mol. The average Bonchev–Trinajstić information content (AvgIpc) is 3.63. The summed E-state index contributed by atoms with van der Waals surface area (Å²) in [5, 5.41) is 0. The molecule has 2 N–H and O–H groups in total. The van der Waals surface area contributed by atoms with Crippen molar-refractivity contribution in [2.45, 2.75) is 96.2 Å². The second-order valence-corrected chi connectivity index (χ2v) is 14.1. The minimum atomic E-state index is -3.95. The van der Waals surface area contributed by atoms with Crippen molar-refractivity contribution in [3.63, 3.8) is 0 Å². The van der Waals surface area contributed by atoms with Crippen LogP contribution in [0.4, 0.5) is 5.95 Å². The van der Waals surface area contributed by atoms with E-state index in [1.807, 2.05) is 56.0 Å². The van der Waals surface area contributed by atoms with E-state index in [-0.39, 0.29) is 16.8 Å². The van der Waals surface area contributed by atoms with Gasteiger partial charge in [-0.3, -0.25) is 14.7 Å². The van der Waals surface area contributed by atoms with Crippen LogP contribution in [0.2, 0.25) is 0 Å². The summed E-state index contributed by atoms with van der Waals surface area (Å²) >= 11 is 0. The molecule has 228 valence electrons. The first-order valence-corrected chi connectivity index (χ1v) is 16.8. The third-order valence-electron chi connectivity index (χ3n) is 9.14. The van der Waals surface area contributed by atoms with Crippen molar-refractivity contribution in [2.24, 2.45) is 10.4 Å². The number of nitrogens with zero attached hydrogens (tertiary/aromatic N) is 3.